The van der Waals surface area contributed by atoms with Crippen LogP contribution >= 0.6 is 0 Å². The van der Waals surface area contributed by atoms with Gasteiger partial charge in [0.15, 0.2) is 0 Å². The third-order valence-corrected chi connectivity index (χ3v) is 4.24. The molecule has 0 aromatic heterocycles. The van der Waals surface area contributed by atoms with E-state index in [-0.39, 0.29) is 0 Å². The minimum absolute atomic E-state index is 0.608. The maximum Gasteiger partial charge on any atom is 0.0403 e. The molecule has 1 aromatic rings. The largest absolute Gasteiger partial charge is 0.369 e. The second-order valence-corrected chi connectivity index (χ2v) is 5.83. The average Bonchev–Trinajstić information content (AvgIpc) is 2.42. The van der Waals surface area contributed by atoms with E-state index in [1.807, 2.05) is 6.08 Å². The first-order valence-electron chi connectivity index (χ1n) is 8.02. The summed E-state index contributed by atoms with van der Waals surface area (Å²) < 4.78 is 0. The molecule has 1 aromatic carbocycles. The number of hydrogen-bond acceptors (Lipinski definition) is 1. The van der Waals surface area contributed by atoms with Crippen LogP contribution in [-0.2, 0) is 6.42 Å². The maximum absolute atomic E-state index is 3.86. The molecular weight excluding hydrogens is 242 g/mol. The van der Waals surface area contributed by atoms with Crippen LogP contribution in [-0.4, -0.2) is 12.6 Å². The Bertz CT molecular complexity index is 434. The Morgan fingerprint density at radius 2 is 1.95 bits per heavy atom. The summed E-state index contributed by atoms with van der Waals surface area (Å²) >= 11 is 0. The molecule has 112 valence electrons. The van der Waals surface area contributed by atoms with Gasteiger partial charge in [0.05, 0.1) is 0 Å². The normalized spacial score (nSPS) is 12.2. The smallest absolute Gasteiger partial charge is 0.0403 e. The van der Waals surface area contributed by atoms with Crippen molar-refractivity contribution in [3.05, 3.63) is 41.5 Å². The third kappa shape index (κ3) is 4.13. The van der Waals surface area contributed by atoms with E-state index in [2.05, 4.69) is 58.2 Å². The van der Waals surface area contributed by atoms with Gasteiger partial charge in [-0.1, -0.05) is 31.9 Å². The van der Waals surface area contributed by atoms with Crippen LogP contribution in [0.4, 0.5) is 5.69 Å². The highest BCUT2D eigenvalue weighted by Crippen LogP contribution is 2.28. The summed E-state index contributed by atoms with van der Waals surface area (Å²) in [4.78, 5) is 2.56. The van der Waals surface area contributed by atoms with Gasteiger partial charge < -0.3 is 4.90 Å². The molecule has 1 nitrogen and oxygen atoms in total. The molecule has 1 rings (SSSR count). The molecule has 1 unspecified atom stereocenters. The van der Waals surface area contributed by atoms with Crippen LogP contribution in [0.5, 0.6) is 0 Å². The van der Waals surface area contributed by atoms with Crippen molar-refractivity contribution in [3.8, 4) is 0 Å². The van der Waals surface area contributed by atoms with E-state index in [0.717, 1.165) is 13.0 Å². The number of unbranched alkanes of at least 4 members (excludes halogenated alkanes) is 1. The van der Waals surface area contributed by atoms with Gasteiger partial charge in [0.1, 0.15) is 0 Å². The monoisotopic (exact) mass is 273 g/mol. The van der Waals surface area contributed by atoms with Crippen molar-refractivity contribution in [3.63, 3.8) is 0 Å². The number of rotatable bonds is 8. The Hall–Kier alpha value is -1.24. The fourth-order valence-corrected chi connectivity index (χ4v) is 2.87. The highest BCUT2D eigenvalue weighted by atomic mass is 15.2. The van der Waals surface area contributed by atoms with E-state index in [4.69, 9.17) is 0 Å². The lowest BCUT2D eigenvalue weighted by Crippen LogP contribution is -2.33. The lowest BCUT2D eigenvalue weighted by Gasteiger charge is -2.32. The van der Waals surface area contributed by atoms with E-state index in [0.29, 0.717) is 6.04 Å². The van der Waals surface area contributed by atoms with Gasteiger partial charge in [-0.15, -0.1) is 6.58 Å². The van der Waals surface area contributed by atoms with Crippen LogP contribution in [0.1, 0.15) is 56.7 Å². The SMILES string of the molecule is C=CCc1cc(C)c(C)c(N(CC)C(C)CCCC)c1. The van der Waals surface area contributed by atoms with Gasteiger partial charge >= 0.3 is 0 Å². The Balaban J connectivity index is 3.09. The van der Waals surface area contributed by atoms with Crippen LogP contribution in [0.2, 0.25) is 0 Å². The lowest BCUT2D eigenvalue weighted by atomic mass is 9.99. The summed E-state index contributed by atoms with van der Waals surface area (Å²) in [7, 11) is 0. The zero-order chi connectivity index (χ0) is 15.1. The molecule has 0 spiro atoms. The number of benzene rings is 1. The molecule has 0 radical (unpaired) electrons. The van der Waals surface area contributed by atoms with Crippen LogP contribution in [0.25, 0.3) is 0 Å². The Morgan fingerprint density at radius 1 is 1.25 bits per heavy atom. The van der Waals surface area contributed by atoms with Gasteiger partial charge in [-0.2, -0.15) is 0 Å². The standard InChI is InChI=1S/C19H31N/c1-7-10-12-16(5)20(9-3)19-14-18(11-8-2)13-15(4)17(19)6/h8,13-14,16H,2,7,9-12H2,1,3-6H3. The summed E-state index contributed by atoms with van der Waals surface area (Å²) in [6.45, 7) is 16.3. The number of nitrogens with zero attached hydrogens (tertiary/aromatic N) is 1. The van der Waals surface area contributed by atoms with E-state index in [1.54, 1.807) is 0 Å². The van der Waals surface area contributed by atoms with Crippen molar-refractivity contribution >= 4 is 5.69 Å². The predicted octanol–water partition coefficient (Wildman–Crippen LogP) is 5.44. The third-order valence-electron chi connectivity index (χ3n) is 4.24. The second-order valence-electron chi connectivity index (χ2n) is 5.83. The lowest BCUT2D eigenvalue weighted by molar-refractivity contribution is 0.566. The van der Waals surface area contributed by atoms with Crippen molar-refractivity contribution in [2.75, 3.05) is 11.4 Å². The van der Waals surface area contributed by atoms with Gasteiger partial charge in [-0.25, -0.2) is 0 Å². The summed E-state index contributed by atoms with van der Waals surface area (Å²) in [6, 6.07) is 5.26. The van der Waals surface area contributed by atoms with Crippen LogP contribution in [0, 0.1) is 13.8 Å². The predicted molar refractivity (Wildman–Crippen MR) is 91.8 cm³/mol. The van der Waals surface area contributed by atoms with Crippen molar-refractivity contribution in [1.82, 2.24) is 0 Å². The first-order chi connectivity index (χ1) is 9.54. The summed E-state index contributed by atoms with van der Waals surface area (Å²) in [5.74, 6) is 0. The van der Waals surface area contributed by atoms with Gasteiger partial charge in [-0.3, -0.25) is 0 Å². The number of aryl methyl sites for hydroxylation is 1. The molecule has 0 N–H and O–H groups in total. The highest BCUT2D eigenvalue weighted by molar-refractivity contribution is 5.59. The summed E-state index contributed by atoms with van der Waals surface area (Å²) in [6.07, 6.45) is 6.80. The Morgan fingerprint density at radius 3 is 2.50 bits per heavy atom. The number of anilines is 1. The maximum atomic E-state index is 3.86. The van der Waals surface area contributed by atoms with Crippen molar-refractivity contribution in [1.29, 1.82) is 0 Å². The summed E-state index contributed by atoms with van der Waals surface area (Å²) in [5, 5.41) is 0. The highest BCUT2D eigenvalue weighted by Gasteiger charge is 2.16. The molecule has 0 aliphatic rings. The van der Waals surface area contributed by atoms with Crippen molar-refractivity contribution in [2.45, 2.75) is 66.3 Å². The molecule has 0 aliphatic heterocycles. The van der Waals surface area contributed by atoms with Crippen LogP contribution in [0.15, 0.2) is 24.8 Å². The van der Waals surface area contributed by atoms with E-state index in [9.17, 15) is 0 Å². The quantitative estimate of drug-likeness (QED) is 0.570. The molecule has 0 fully saturated rings. The minimum Gasteiger partial charge on any atom is -0.369 e. The van der Waals surface area contributed by atoms with Crippen LogP contribution in [0.3, 0.4) is 0 Å². The zero-order valence-electron chi connectivity index (χ0n) is 14.0. The molecule has 20 heavy (non-hydrogen) atoms. The minimum atomic E-state index is 0.608. The molecule has 1 atom stereocenters. The fourth-order valence-electron chi connectivity index (χ4n) is 2.87. The molecule has 0 aliphatic carbocycles. The average molecular weight is 273 g/mol. The van der Waals surface area contributed by atoms with Gasteiger partial charge in [0.2, 0.25) is 0 Å². The molecule has 0 amide bonds. The van der Waals surface area contributed by atoms with E-state index < -0.39 is 0 Å². The second kappa shape index (κ2) is 8.14. The van der Waals surface area contributed by atoms with Gasteiger partial charge in [0, 0.05) is 18.3 Å². The van der Waals surface area contributed by atoms with Gasteiger partial charge in [0.25, 0.3) is 0 Å². The van der Waals surface area contributed by atoms with Crippen LogP contribution < -0.4 is 4.90 Å². The molecule has 0 saturated heterocycles. The van der Waals surface area contributed by atoms with E-state index in [1.165, 1.54) is 41.6 Å². The summed E-state index contributed by atoms with van der Waals surface area (Å²) in [5.41, 5.74) is 5.59. The van der Waals surface area contributed by atoms with Crippen molar-refractivity contribution < 1.29 is 0 Å². The van der Waals surface area contributed by atoms with E-state index >= 15 is 0 Å². The molecule has 0 heterocycles. The molecular formula is C19H31N. The first kappa shape index (κ1) is 16.8. The fraction of sp³-hybridized carbons (Fsp3) is 0.579. The molecule has 0 bridgehead atoms. The Kier molecular flexibility index (Phi) is 6.84. The molecule has 0 saturated carbocycles. The number of hydrogen-bond donors (Lipinski definition) is 0. The first-order valence-corrected chi connectivity index (χ1v) is 8.02. The zero-order valence-corrected chi connectivity index (χ0v) is 14.0. The van der Waals surface area contributed by atoms with Crippen molar-refractivity contribution in [2.24, 2.45) is 0 Å². The number of allylic oxidation sites excluding steroid dienone is 1. The Labute approximate surface area is 125 Å². The van der Waals surface area contributed by atoms with Gasteiger partial charge in [-0.05, 0) is 63.3 Å². The molecule has 1 heteroatoms. The topological polar surface area (TPSA) is 3.24 Å².